The van der Waals surface area contributed by atoms with Crippen LogP contribution in [0, 0.1) is 0 Å². The van der Waals surface area contributed by atoms with Crippen molar-refractivity contribution in [2.75, 3.05) is 12.3 Å². The lowest BCUT2D eigenvalue weighted by molar-refractivity contribution is 0.0160. The molecule has 3 nitrogen and oxygen atoms in total. The minimum Gasteiger partial charge on any atom is -0.456 e. The fourth-order valence-electron chi connectivity index (χ4n) is 0.952. The van der Waals surface area contributed by atoms with Crippen LogP contribution in [0.5, 0.6) is 0 Å². The SMILES string of the molecule is Nc1cc(Cl)cc(C(=O)OCC(F)F)c1. The molecule has 0 saturated carbocycles. The quantitative estimate of drug-likeness (QED) is 0.646. The number of alkyl halides is 2. The second-order valence-electron chi connectivity index (χ2n) is 2.76. The van der Waals surface area contributed by atoms with Gasteiger partial charge in [-0.15, -0.1) is 0 Å². The number of nitrogen functional groups attached to an aromatic ring is 1. The standard InChI is InChI=1S/C9H8ClF2NO2/c10-6-1-5(2-7(13)3-6)9(14)15-4-8(11)12/h1-3,8H,4,13H2. The summed E-state index contributed by atoms with van der Waals surface area (Å²) in [7, 11) is 0. The molecular weight excluding hydrogens is 228 g/mol. The summed E-state index contributed by atoms with van der Waals surface area (Å²) in [6, 6.07) is 4.04. The first-order chi connectivity index (χ1) is 6.99. The predicted octanol–water partition coefficient (Wildman–Crippen LogP) is 2.34. The Morgan fingerprint density at radius 2 is 2.13 bits per heavy atom. The van der Waals surface area contributed by atoms with Crippen LogP contribution >= 0.6 is 11.6 Å². The maximum Gasteiger partial charge on any atom is 0.338 e. The van der Waals surface area contributed by atoms with E-state index in [4.69, 9.17) is 17.3 Å². The number of esters is 1. The highest BCUT2D eigenvalue weighted by atomic mass is 35.5. The number of carbonyl (C=O) groups excluding carboxylic acids is 1. The molecule has 0 saturated heterocycles. The molecule has 0 aliphatic heterocycles. The fraction of sp³-hybridized carbons (Fsp3) is 0.222. The Bertz CT molecular complexity index is 351. The van der Waals surface area contributed by atoms with Gasteiger partial charge in [-0.25, -0.2) is 13.6 Å². The average molecular weight is 236 g/mol. The van der Waals surface area contributed by atoms with Crippen molar-refractivity contribution in [1.82, 2.24) is 0 Å². The summed E-state index contributed by atoms with van der Waals surface area (Å²) in [6.45, 7) is -0.939. The van der Waals surface area contributed by atoms with Crippen molar-refractivity contribution in [2.45, 2.75) is 6.43 Å². The Labute approximate surface area is 89.8 Å². The van der Waals surface area contributed by atoms with Gasteiger partial charge in [0.2, 0.25) is 0 Å². The highest BCUT2D eigenvalue weighted by Gasteiger charge is 2.11. The Morgan fingerprint density at radius 1 is 1.47 bits per heavy atom. The van der Waals surface area contributed by atoms with E-state index in [1.807, 2.05) is 0 Å². The molecule has 1 aromatic carbocycles. The van der Waals surface area contributed by atoms with E-state index in [2.05, 4.69) is 4.74 Å². The molecule has 15 heavy (non-hydrogen) atoms. The molecule has 0 aliphatic carbocycles. The van der Waals surface area contributed by atoms with Crippen LogP contribution < -0.4 is 5.73 Å². The van der Waals surface area contributed by atoms with E-state index in [9.17, 15) is 13.6 Å². The normalized spacial score (nSPS) is 10.4. The van der Waals surface area contributed by atoms with Crippen LogP contribution in [0.15, 0.2) is 18.2 Å². The van der Waals surface area contributed by atoms with Gasteiger partial charge < -0.3 is 10.5 Å². The second-order valence-corrected chi connectivity index (χ2v) is 3.20. The highest BCUT2D eigenvalue weighted by Crippen LogP contribution is 2.17. The van der Waals surface area contributed by atoms with E-state index in [-0.39, 0.29) is 16.3 Å². The Morgan fingerprint density at radius 3 is 2.67 bits per heavy atom. The molecule has 0 heterocycles. The predicted molar refractivity (Wildman–Crippen MR) is 52.2 cm³/mol. The molecule has 0 aromatic heterocycles. The van der Waals surface area contributed by atoms with Crippen LogP contribution in [0.25, 0.3) is 0 Å². The van der Waals surface area contributed by atoms with Gasteiger partial charge in [0.25, 0.3) is 6.43 Å². The maximum atomic E-state index is 11.7. The molecule has 0 fully saturated rings. The largest absolute Gasteiger partial charge is 0.456 e. The fourth-order valence-corrected chi connectivity index (χ4v) is 1.20. The van der Waals surface area contributed by atoms with Crippen LogP contribution in [0.2, 0.25) is 5.02 Å². The average Bonchev–Trinajstić information content (AvgIpc) is 2.12. The number of rotatable bonds is 3. The number of anilines is 1. The summed E-state index contributed by atoms with van der Waals surface area (Å²) < 4.78 is 27.8. The summed E-state index contributed by atoms with van der Waals surface area (Å²) in [4.78, 5) is 11.2. The van der Waals surface area contributed by atoms with Gasteiger partial charge in [0.15, 0.2) is 6.61 Å². The lowest BCUT2D eigenvalue weighted by atomic mass is 10.2. The van der Waals surface area contributed by atoms with Gasteiger partial charge in [-0.1, -0.05) is 11.6 Å². The van der Waals surface area contributed by atoms with E-state index < -0.39 is 19.0 Å². The Balaban J connectivity index is 2.73. The number of hydrogen-bond acceptors (Lipinski definition) is 3. The topological polar surface area (TPSA) is 52.3 Å². The zero-order chi connectivity index (χ0) is 11.4. The van der Waals surface area contributed by atoms with Gasteiger partial charge in [0.05, 0.1) is 5.56 Å². The number of ether oxygens (including phenoxy) is 1. The van der Waals surface area contributed by atoms with Crippen molar-refractivity contribution in [2.24, 2.45) is 0 Å². The van der Waals surface area contributed by atoms with E-state index in [1.165, 1.54) is 18.2 Å². The first kappa shape index (κ1) is 11.7. The van der Waals surface area contributed by atoms with E-state index in [0.717, 1.165) is 0 Å². The molecule has 1 rings (SSSR count). The van der Waals surface area contributed by atoms with E-state index >= 15 is 0 Å². The highest BCUT2D eigenvalue weighted by molar-refractivity contribution is 6.31. The zero-order valence-electron chi connectivity index (χ0n) is 7.54. The van der Waals surface area contributed by atoms with Gasteiger partial charge in [0, 0.05) is 10.7 Å². The molecule has 0 spiro atoms. The molecule has 6 heteroatoms. The Kier molecular flexibility index (Phi) is 3.85. The van der Waals surface area contributed by atoms with Crippen molar-refractivity contribution in [3.8, 4) is 0 Å². The summed E-state index contributed by atoms with van der Waals surface area (Å²) in [5.74, 6) is -0.871. The summed E-state index contributed by atoms with van der Waals surface area (Å²) in [5.41, 5.74) is 5.74. The maximum absolute atomic E-state index is 11.7. The third kappa shape index (κ3) is 3.71. The van der Waals surface area contributed by atoms with Gasteiger partial charge in [0.1, 0.15) is 0 Å². The molecule has 0 atom stereocenters. The summed E-state index contributed by atoms with van der Waals surface area (Å²) in [6.07, 6.45) is -2.69. The minimum atomic E-state index is -2.69. The molecular formula is C9H8ClF2NO2. The van der Waals surface area contributed by atoms with Crippen LogP contribution in [0.3, 0.4) is 0 Å². The van der Waals surface area contributed by atoms with Crippen molar-refractivity contribution < 1.29 is 18.3 Å². The third-order valence-corrected chi connectivity index (χ3v) is 1.71. The van der Waals surface area contributed by atoms with Crippen LogP contribution in [-0.4, -0.2) is 19.0 Å². The smallest absolute Gasteiger partial charge is 0.338 e. The van der Waals surface area contributed by atoms with Crippen LogP contribution in [-0.2, 0) is 4.74 Å². The number of nitrogens with two attached hydrogens (primary N) is 1. The van der Waals surface area contributed by atoms with Crippen molar-refractivity contribution >= 4 is 23.3 Å². The van der Waals surface area contributed by atoms with E-state index in [0.29, 0.717) is 0 Å². The number of halogens is 3. The van der Waals surface area contributed by atoms with Crippen molar-refractivity contribution in [1.29, 1.82) is 0 Å². The first-order valence-electron chi connectivity index (χ1n) is 4.00. The lowest BCUT2D eigenvalue weighted by Gasteiger charge is -2.05. The van der Waals surface area contributed by atoms with Gasteiger partial charge in [-0.05, 0) is 18.2 Å². The van der Waals surface area contributed by atoms with Gasteiger partial charge >= 0.3 is 5.97 Å². The van der Waals surface area contributed by atoms with Crippen molar-refractivity contribution in [3.05, 3.63) is 28.8 Å². The summed E-state index contributed by atoms with van der Waals surface area (Å²) in [5, 5.41) is 0.249. The minimum absolute atomic E-state index is 0.0562. The molecule has 2 N–H and O–H groups in total. The van der Waals surface area contributed by atoms with Crippen molar-refractivity contribution in [3.63, 3.8) is 0 Å². The van der Waals surface area contributed by atoms with Gasteiger partial charge in [-0.3, -0.25) is 0 Å². The monoisotopic (exact) mass is 235 g/mol. The number of hydrogen-bond donors (Lipinski definition) is 1. The number of benzene rings is 1. The molecule has 82 valence electrons. The number of carbonyl (C=O) groups is 1. The first-order valence-corrected chi connectivity index (χ1v) is 4.38. The summed E-state index contributed by atoms with van der Waals surface area (Å²) >= 11 is 5.62. The zero-order valence-corrected chi connectivity index (χ0v) is 8.30. The molecule has 0 radical (unpaired) electrons. The van der Waals surface area contributed by atoms with E-state index in [1.54, 1.807) is 0 Å². The molecule has 0 unspecified atom stereocenters. The lowest BCUT2D eigenvalue weighted by Crippen LogP contribution is -2.11. The van der Waals surface area contributed by atoms with Crippen LogP contribution in [0.1, 0.15) is 10.4 Å². The molecule has 0 aliphatic rings. The van der Waals surface area contributed by atoms with Gasteiger partial charge in [-0.2, -0.15) is 0 Å². The third-order valence-electron chi connectivity index (χ3n) is 1.50. The molecule has 1 aromatic rings. The molecule has 0 amide bonds. The van der Waals surface area contributed by atoms with Crippen LogP contribution in [0.4, 0.5) is 14.5 Å². The second kappa shape index (κ2) is 4.93. The Hall–Kier alpha value is -1.36. The molecule has 0 bridgehead atoms.